The number of hydrogen-bond donors (Lipinski definition) is 2. The summed E-state index contributed by atoms with van der Waals surface area (Å²) in [7, 11) is -1.55. The summed E-state index contributed by atoms with van der Waals surface area (Å²) < 4.78 is 0. The Morgan fingerprint density at radius 1 is 0.375 bits per heavy atom. The normalized spacial score (nSPS) is 10.8. The summed E-state index contributed by atoms with van der Waals surface area (Å²) in [5, 5.41) is 20.0. The second-order valence-corrected chi connectivity index (χ2v) is 9.64. The van der Waals surface area contributed by atoms with Crippen molar-refractivity contribution in [2.75, 3.05) is 4.90 Å². The summed E-state index contributed by atoms with van der Waals surface area (Å²) in [6.45, 7) is 0. The minimum atomic E-state index is -1.55. The summed E-state index contributed by atoms with van der Waals surface area (Å²) in [5.74, 6) is 0. The Labute approximate surface area is 235 Å². The molecule has 192 valence electrons. The Bertz CT molecular complexity index is 1740. The standard InChI is InChI=1S/C36H28BNO2/c39-37(40)36-24-10-9-23-35(36)29-16-12-20-32(26-29)38(30-17-5-2-6-18-30)31-19-11-15-28(25-31)34-22-8-7-21-33(34)27-13-3-1-4-14-27/h1-26,39-40H. The van der Waals surface area contributed by atoms with Gasteiger partial charge < -0.3 is 14.9 Å². The topological polar surface area (TPSA) is 43.7 Å². The van der Waals surface area contributed by atoms with E-state index in [1.807, 2.05) is 54.6 Å². The van der Waals surface area contributed by atoms with Gasteiger partial charge in [-0.3, -0.25) is 0 Å². The molecule has 6 aromatic carbocycles. The van der Waals surface area contributed by atoms with Crippen molar-refractivity contribution in [3.63, 3.8) is 0 Å². The van der Waals surface area contributed by atoms with Crippen molar-refractivity contribution < 1.29 is 10.0 Å². The van der Waals surface area contributed by atoms with Gasteiger partial charge in [-0.05, 0) is 75.2 Å². The van der Waals surface area contributed by atoms with Crippen molar-refractivity contribution in [2.24, 2.45) is 0 Å². The van der Waals surface area contributed by atoms with Crippen LogP contribution >= 0.6 is 0 Å². The van der Waals surface area contributed by atoms with E-state index in [2.05, 4.69) is 102 Å². The summed E-state index contributed by atoms with van der Waals surface area (Å²) in [6.07, 6.45) is 0. The van der Waals surface area contributed by atoms with Gasteiger partial charge in [0.15, 0.2) is 0 Å². The minimum Gasteiger partial charge on any atom is -0.423 e. The highest BCUT2D eigenvalue weighted by atomic mass is 16.4. The van der Waals surface area contributed by atoms with Gasteiger partial charge in [-0.25, -0.2) is 0 Å². The van der Waals surface area contributed by atoms with Gasteiger partial charge in [0.1, 0.15) is 0 Å². The average Bonchev–Trinajstić information content (AvgIpc) is 3.02. The molecule has 4 heteroatoms. The maximum atomic E-state index is 9.99. The Kier molecular flexibility index (Phi) is 7.27. The molecule has 0 bridgehead atoms. The molecule has 6 aromatic rings. The highest BCUT2D eigenvalue weighted by Gasteiger charge is 2.19. The third-order valence-corrected chi connectivity index (χ3v) is 7.10. The number of benzene rings is 6. The molecule has 0 radical (unpaired) electrons. The van der Waals surface area contributed by atoms with E-state index < -0.39 is 7.12 Å². The lowest BCUT2D eigenvalue weighted by molar-refractivity contribution is 0.426. The molecule has 0 saturated carbocycles. The lowest BCUT2D eigenvalue weighted by Crippen LogP contribution is -2.31. The first kappa shape index (κ1) is 25.4. The van der Waals surface area contributed by atoms with Crippen LogP contribution in [0.25, 0.3) is 33.4 Å². The van der Waals surface area contributed by atoms with E-state index in [4.69, 9.17) is 0 Å². The fourth-order valence-corrected chi connectivity index (χ4v) is 5.24. The van der Waals surface area contributed by atoms with Crippen molar-refractivity contribution >= 4 is 29.6 Å². The van der Waals surface area contributed by atoms with Crippen LogP contribution < -0.4 is 10.4 Å². The fourth-order valence-electron chi connectivity index (χ4n) is 5.24. The molecule has 3 nitrogen and oxygen atoms in total. The van der Waals surface area contributed by atoms with Gasteiger partial charge in [0, 0.05) is 17.1 Å². The highest BCUT2D eigenvalue weighted by molar-refractivity contribution is 6.60. The highest BCUT2D eigenvalue weighted by Crippen LogP contribution is 2.39. The Hall–Kier alpha value is -4.90. The monoisotopic (exact) mass is 517 g/mol. The van der Waals surface area contributed by atoms with E-state index >= 15 is 0 Å². The summed E-state index contributed by atoms with van der Waals surface area (Å²) in [5.41, 5.74) is 9.87. The SMILES string of the molecule is OB(O)c1ccccc1-c1cccc(N(c2ccccc2)c2cccc(-c3ccccc3-c3ccccc3)c2)c1. The summed E-state index contributed by atoms with van der Waals surface area (Å²) in [4.78, 5) is 2.23. The number of anilines is 3. The van der Waals surface area contributed by atoms with Crippen molar-refractivity contribution in [1.82, 2.24) is 0 Å². The van der Waals surface area contributed by atoms with Gasteiger partial charge >= 0.3 is 7.12 Å². The van der Waals surface area contributed by atoms with E-state index in [1.165, 1.54) is 16.7 Å². The first-order valence-corrected chi connectivity index (χ1v) is 13.3. The van der Waals surface area contributed by atoms with Crippen LogP contribution in [0.1, 0.15) is 0 Å². The number of nitrogens with zero attached hydrogens (tertiary/aromatic N) is 1. The van der Waals surface area contributed by atoms with Gasteiger partial charge in [0.25, 0.3) is 0 Å². The summed E-state index contributed by atoms with van der Waals surface area (Å²) in [6, 6.07) is 53.5. The molecule has 40 heavy (non-hydrogen) atoms. The van der Waals surface area contributed by atoms with Gasteiger partial charge in [-0.15, -0.1) is 0 Å². The first-order chi connectivity index (χ1) is 19.7. The van der Waals surface area contributed by atoms with Crippen LogP contribution in [0, 0.1) is 0 Å². The molecule has 0 aromatic heterocycles. The maximum absolute atomic E-state index is 9.99. The minimum absolute atomic E-state index is 0.477. The second kappa shape index (κ2) is 11.5. The zero-order valence-electron chi connectivity index (χ0n) is 21.9. The number of rotatable bonds is 7. The molecule has 0 atom stereocenters. The Morgan fingerprint density at radius 2 is 0.800 bits per heavy atom. The molecular formula is C36H28BNO2. The van der Waals surface area contributed by atoms with E-state index in [0.29, 0.717) is 5.46 Å². The van der Waals surface area contributed by atoms with E-state index in [9.17, 15) is 10.0 Å². The van der Waals surface area contributed by atoms with Gasteiger partial charge in [0.05, 0.1) is 0 Å². The van der Waals surface area contributed by atoms with Crippen LogP contribution in [0.5, 0.6) is 0 Å². The predicted octanol–water partition coefficient (Wildman–Crippen LogP) is 7.84. The molecule has 0 aliphatic carbocycles. The van der Waals surface area contributed by atoms with Crippen molar-refractivity contribution in [3.8, 4) is 33.4 Å². The molecule has 0 aliphatic rings. The van der Waals surface area contributed by atoms with Crippen LogP contribution in [0.3, 0.4) is 0 Å². The quantitative estimate of drug-likeness (QED) is 0.212. The van der Waals surface area contributed by atoms with Crippen LogP contribution in [-0.2, 0) is 0 Å². The molecule has 6 rings (SSSR count). The van der Waals surface area contributed by atoms with E-state index in [0.717, 1.165) is 33.8 Å². The van der Waals surface area contributed by atoms with Crippen molar-refractivity contribution in [2.45, 2.75) is 0 Å². The lowest BCUT2D eigenvalue weighted by atomic mass is 9.75. The third-order valence-electron chi connectivity index (χ3n) is 7.10. The van der Waals surface area contributed by atoms with Crippen LogP contribution in [0.15, 0.2) is 158 Å². The zero-order valence-corrected chi connectivity index (χ0v) is 21.9. The van der Waals surface area contributed by atoms with Gasteiger partial charge in [0.2, 0.25) is 0 Å². The first-order valence-electron chi connectivity index (χ1n) is 13.3. The number of para-hydroxylation sites is 1. The Morgan fingerprint density at radius 3 is 1.40 bits per heavy atom. The summed E-state index contributed by atoms with van der Waals surface area (Å²) >= 11 is 0. The molecular weight excluding hydrogens is 489 g/mol. The van der Waals surface area contributed by atoms with Crippen molar-refractivity contribution in [1.29, 1.82) is 0 Å². The van der Waals surface area contributed by atoms with Crippen LogP contribution in [0.4, 0.5) is 17.1 Å². The molecule has 0 unspecified atom stereocenters. The van der Waals surface area contributed by atoms with Gasteiger partial charge in [-0.2, -0.15) is 0 Å². The van der Waals surface area contributed by atoms with Crippen LogP contribution in [0.2, 0.25) is 0 Å². The molecule has 2 N–H and O–H groups in total. The zero-order chi connectivity index (χ0) is 27.3. The van der Waals surface area contributed by atoms with E-state index in [1.54, 1.807) is 6.07 Å². The molecule has 0 heterocycles. The van der Waals surface area contributed by atoms with E-state index in [-0.39, 0.29) is 0 Å². The second-order valence-electron chi connectivity index (χ2n) is 9.64. The Balaban J connectivity index is 1.48. The predicted molar refractivity (Wildman–Crippen MR) is 167 cm³/mol. The van der Waals surface area contributed by atoms with Crippen molar-refractivity contribution in [3.05, 3.63) is 158 Å². The molecule has 0 saturated heterocycles. The fraction of sp³-hybridized carbons (Fsp3) is 0. The maximum Gasteiger partial charge on any atom is 0.489 e. The van der Waals surface area contributed by atoms with Crippen LogP contribution in [-0.4, -0.2) is 17.2 Å². The van der Waals surface area contributed by atoms with Gasteiger partial charge in [-0.1, -0.05) is 121 Å². The molecule has 0 spiro atoms. The third kappa shape index (κ3) is 5.19. The molecule has 0 amide bonds. The molecule has 0 aliphatic heterocycles. The smallest absolute Gasteiger partial charge is 0.423 e. The average molecular weight is 517 g/mol. The number of hydrogen-bond acceptors (Lipinski definition) is 3. The lowest BCUT2D eigenvalue weighted by Gasteiger charge is -2.27. The largest absolute Gasteiger partial charge is 0.489 e. The molecule has 0 fully saturated rings.